The summed E-state index contributed by atoms with van der Waals surface area (Å²) in [5.74, 6) is -0.564. The number of hydrogen-bond donors (Lipinski definition) is 1. The van der Waals surface area contributed by atoms with E-state index in [4.69, 9.17) is 16.3 Å². The number of hydrogen-bond acceptors (Lipinski definition) is 5. The van der Waals surface area contributed by atoms with Crippen molar-refractivity contribution in [1.82, 2.24) is 10.2 Å². The predicted molar refractivity (Wildman–Crippen MR) is 159 cm³/mol. The zero-order valence-electron chi connectivity index (χ0n) is 23.2. The highest BCUT2D eigenvalue weighted by atomic mass is 35.5. The third kappa shape index (κ3) is 8.47. The van der Waals surface area contributed by atoms with E-state index in [1.807, 2.05) is 50.2 Å². The van der Waals surface area contributed by atoms with Crippen LogP contribution in [0.15, 0.2) is 78.9 Å². The van der Waals surface area contributed by atoms with Crippen molar-refractivity contribution in [2.45, 2.75) is 45.3 Å². The van der Waals surface area contributed by atoms with Crippen LogP contribution in [0.4, 0.5) is 5.69 Å². The van der Waals surface area contributed by atoms with Gasteiger partial charge in [0, 0.05) is 24.0 Å². The van der Waals surface area contributed by atoms with Gasteiger partial charge >= 0.3 is 0 Å². The SMILES string of the molecule is CC[C@@H](C)NC(=O)[C@H](Cc1ccccc1)N(Cc1cccc(Cl)c1)C(=O)CN(c1ccccc1OC)S(C)(=O)=O. The lowest BCUT2D eigenvalue weighted by atomic mass is 10.0. The maximum Gasteiger partial charge on any atom is 0.244 e. The molecule has 0 saturated heterocycles. The monoisotopic (exact) mass is 585 g/mol. The maximum absolute atomic E-state index is 14.1. The van der Waals surface area contributed by atoms with Gasteiger partial charge in [-0.2, -0.15) is 0 Å². The molecule has 0 radical (unpaired) electrons. The Morgan fingerprint density at radius 2 is 1.62 bits per heavy atom. The largest absolute Gasteiger partial charge is 0.495 e. The number of anilines is 1. The molecule has 3 aromatic carbocycles. The van der Waals surface area contributed by atoms with Gasteiger partial charge in [0.05, 0.1) is 19.1 Å². The maximum atomic E-state index is 14.1. The van der Waals surface area contributed by atoms with Gasteiger partial charge in [-0.1, -0.05) is 73.1 Å². The molecule has 8 nitrogen and oxygen atoms in total. The first kappa shape index (κ1) is 31.0. The van der Waals surface area contributed by atoms with Crippen LogP contribution < -0.4 is 14.4 Å². The topological polar surface area (TPSA) is 96.0 Å². The van der Waals surface area contributed by atoms with E-state index in [0.29, 0.717) is 22.8 Å². The number of ether oxygens (including phenoxy) is 1. The molecule has 2 atom stereocenters. The average molecular weight is 586 g/mol. The van der Waals surface area contributed by atoms with Gasteiger partial charge in [-0.3, -0.25) is 13.9 Å². The molecule has 0 heterocycles. The van der Waals surface area contributed by atoms with Crippen LogP contribution in [0.3, 0.4) is 0 Å². The summed E-state index contributed by atoms with van der Waals surface area (Å²) >= 11 is 6.24. The Bertz CT molecular complexity index is 1400. The standard InChI is InChI=1S/C30H36ClN3O5S/c1-5-22(2)32-30(36)27(19-23-12-7-6-8-13-23)33(20-24-14-11-15-25(31)18-24)29(35)21-34(40(4,37)38)26-16-9-10-17-28(26)39-3/h6-18,22,27H,5,19-21H2,1-4H3,(H,32,36)/t22-,27+/m1/s1. The molecule has 0 bridgehead atoms. The van der Waals surface area contributed by atoms with Crippen molar-refractivity contribution < 1.29 is 22.7 Å². The van der Waals surface area contributed by atoms with Gasteiger partial charge in [-0.25, -0.2) is 8.42 Å². The zero-order valence-corrected chi connectivity index (χ0v) is 24.8. The van der Waals surface area contributed by atoms with Crippen molar-refractivity contribution in [1.29, 1.82) is 0 Å². The van der Waals surface area contributed by atoms with Crippen molar-refractivity contribution in [2.24, 2.45) is 0 Å². The highest BCUT2D eigenvalue weighted by Crippen LogP contribution is 2.30. The van der Waals surface area contributed by atoms with Crippen LogP contribution in [0, 0.1) is 0 Å². The molecule has 3 aromatic rings. The second-order valence-corrected chi connectivity index (χ2v) is 12.0. The quantitative estimate of drug-likeness (QED) is 0.314. The van der Waals surface area contributed by atoms with Crippen LogP contribution in [0.5, 0.6) is 5.75 Å². The van der Waals surface area contributed by atoms with Crippen molar-refractivity contribution in [3.8, 4) is 5.75 Å². The molecule has 0 aromatic heterocycles. The Labute approximate surface area is 241 Å². The smallest absolute Gasteiger partial charge is 0.244 e. The summed E-state index contributed by atoms with van der Waals surface area (Å²) in [6.07, 6.45) is 1.98. The third-order valence-corrected chi connectivity index (χ3v) is 7.91. The Kier molecular flexibility index (Phi) is 11.0. The molecule has 2 amide bonds. The van der Waals surface area contributed by atoms with Crippen LogP contribution in [-0.4, -0.2) is 57.1 Å². The van der Waals surface area contributed by atoms with E-state index < -0.39 is 28.5 Å². The summed E-state index contributed by atoms with van der Waals surface area (Å²) in [4.78, 5) is 29.2. The van der Waals surface area contributed by atoms with Crippen LogP contribution in [0.25, 0.3) is 0 Å². The normalized spacial score (nSPS) is 12.7. The molecule has 10 heteroatoms. The molecule has 0 fully saturated rings. The van der Waals surface area contributed by atoms with E-state index in [1.165, 1.54) is 12.0 Å². The number of carbonyl (C=O) groups excluding carboxylic acids is 2. The zero-order chi connectivity index (χ0) is 29.3. The minimum atomic E-state index is -3.90. The van der Waals surface area contributed by atoms with Crippen molar-refractivity contribution in [3.63, 3.8) is 0 Å². The number of carbonyl (C=O) groups is 2. The van der Waals surface area contributed by atoms with Crippen molar-refractivity contribution in [3.05, 3.63) is 95.0 Å². The van der Waals surface area contributed by atoms with Crippen LogP contribution in [0.1, 0.15) is 31.4 Å². The summed E-state index contributed by atoms with van der Waals surface area (Å²) in [7, 11) is -2.47. The number of halogens is 1. The highest BCUT2D eigenvalue weighted by Gasteiger charge is 2.34. The van der Waals surface area contributed by atoms with Gasteiger partial charge in [-0.15, -0.1) is 0 Å². The van der Waals surface area contributed by atoms with Crippen molar-refractivity contribution in [2.75, 3.05) is 24.2 Å². The van der Waals surface area contributed by atoms with Crippen LogP contribution in [-0.2, 0) is 32.6 Å². The number of rotatable bonds is 13. The van der Waals surface area contributed by atoms with Crippen molar-refractivity contribution >= 4 is 39.1 Å². The third-order valence-electron chi connectivity index (χ3n) is 6.55. The molecule has 40 heavy (non-hydrogen) atoms. The number of nitrogens with zero attached hydrogens (tertiary/aromatic N) is 2. The molecule has 0 aliphatic rings. The minimum Gasteiger partial charge on any atom is -0.495 e. The number of nitrogens with one attached hydrogen (secondary N) is 1. The number of para-hydroxylation sites is 2. The summed E-state index contributed by atoms with van der Waals surface area (Å²) in [5.41, 5.74) is 1.80. The molecular formula is C30H36ClN3O5S. The first-order valence-corrected chi connectivity index (χ1v) is 15.2. The lowest BCUT2D eigenvalue weighted by Gasteiger charge is -2.34. The lowest BCUT2D eigenvalue weighted by molar-refractivity contribution is -0.140. The number of benzene rings is 3. The van der Waals surface area contributed by atoms with Gasteiger partial charge in [0.15, 0.2) is 0 Å². The average Bonchev–Trinajstić information content (AvgIpc) is 2.93. The van der Waals surface area contributed by atoms with E-state index in [9.17, 15) is 18.0 Å². The fourth-order valence-electron chi connectivity index (χ4n) is 4.26. The molecule has 0 saturated carbocycles. The van der Waals surface area contributed by atoms with Crippen LogP contribution >= 0.6 is 11.6 Å². The molecule has 0 unspecified atom stereocenters. The summed E-state index contributed by atoms with van der Waals surface area (Å²) in [6, 6.07) is 22.0. The number of sulfonamides is 1. The van der Waals surface area contributed by atoms with Gasteiger partial charge in [0.1, 0.15) is 18.3 Å². The molecule has 0 spiro atoms. The Balaban J connectivity index is 2.08. The van der Waals surface area contributed by atoms with Gasteiger partial charge in [0.2, 0.25) is 21.8 Å². The van der Waals surface area contributed by atoms with Gasteiger partial charge in [-0.05, 0) is 48.7 Å². The Hall–Kier alpha value is -3.56. The van der Waals surface area contributed by atoms with E-state index in [0.717, 1.165) is 16.1 Å². The van der Waals surface area contributed by atoms with E-state index in [2.05, 4.69) is 5.32 Å². The molecular weight excluding hydrogens is 550 g/mol. The molecule has 0 aliphatic heterocycles. The van der Waals surface area contributed by atoms with Gasteiger partial charge in [0.25, 0.3) is 0 Å². The number of methoxy groups -OCH3 is 1. The van der Waals surface area contributed by atoms with E-state index in [-0.39, 0.29) is 30.6 Å². The summed E-state index contributed by atoms with van der Waals surface area (Å²) in [6.45, 7) is 3.38. The first-order valence-electron chi connectivity index (χ1n) is 13.0. The van der Waals surface area contributed by atoms with Gasteiger partial charge < -0.3 is 15.0 Å². The summed E-state index contributed by atoms with van der Waals surface area (Å²) in [5, 5.41) is 3.49. The molecule has 1 N–H and O–H groups in total. The minimum absolute atomic E-state index is 0.0499. The molecule has 0 aliphatic carbocycles. The molecule has 214 valence electrons. The predicted octanol–water partition coefficient (Wildman–Crippen LogP) is 4.67. The fourth-order valence-corrected chi connectivity index (χ4v) is 5.32. The second-order valence-electron chi connectivity index (χ2n) is 9.62. The van der Waals surface area contributed by atoms with E-state index in [1.54, 1.807) is 42.5 Å². The fraction of sp³-hybridized carbons (Fsp3) is 0.333. The summed E-state index contributed by atoms with van der Waals surface area (Å²) < 4.78 is 32.3. The molecule has 3 rings (SSSR count). The van der Waals surface area contributed by atoms with E-state index >= 15 is 0 Å². The Morgan fingerprint density at radius 1 is 0.975 bits per heavy atom. The van der Waals surface area contributed by atoms with Crippen LogP contribution in [0.2, 0.25) is 5.02 Å². The highest BCUT2D eigenvalue weighted by molar-refractivity contribution is 7.92. The number of amides is 2. The lowest BCUT2D eigenvalue weighted by Crippen LogP contribution is -2.54. The first-order chi connectivity index (χ1) is 19.0. The second kappa shape index (κ2) is 14.2. The Morgan fingerprint density at radius 3 is 2.25 bits per heavy atom.